The number of aromatic nitrogens is 3. The number of benzene rings is 1. The molecule has 2 fully saturated rings. The maximum Gasteiger partial charge on any atom is 0.435 e. The van der Waals surface area contributed by atoms with Gasteiger partial charge in [0, 0.05) is 18.2 Å². The molecule has 3 unspecified atom stereocenters. The van der Waals surface area contributed by atoms with E-state index in [2.05, 4.69) is 15.4 Å². The van der Waals surface area contributed by atoms with Gasteiger partial charge in [0.05, 0.1) is 18.3 Å². The molecule has 0 radical (unpaired) electrons. The van der Waals surface area contributed by atoms with Gasteiger partial charge in [0.15, 0.2) is 5.69 Å². The molecule has 200 valence electrons. The Labute approximate surface area is 214 Å². The van der Waals surface area contributed by atoms with Gasteiger partial charge < -0.3 is 10.2 Å². The minimum Gasteiger partial charge on any atom is -0.342 e. The highest BCUT2D eigenvalue weighted by atomic mass is 19.4. The van der Waals surface area contributed by atoms with E-state index in [1.807, 2.05) is 0 Å². The summed E-state index contributed by atoms with van der Waals surface area (Å²) in [4.78, 5) is 31.3. The molecule has 7 nitrogen and oxygen atoms in total. The fourth-order valence-corrected chi connectivity index (χ4v) is 4.67. The lowest BCUT2D eigenvalue weighted by molar-refractivity contribution is -0.142. The molecule has 3 aromatic rings. The largest absolute Gasteiger partial charge is 0.435 e. The van der Waals surface area contributed by atoms with E-state index < -0.39 is 54.4 Å². The molecule has 1 saturated heterocycles. The van der Waals surface area contributed by atoms with E-state index in [0.717, 1.165) is 34.7 Å². The van der Waals surface area contributed by atoms with Crippen LogP contribution in [0.1, 0.15) is 53.7 Å². The van der Waals surface area contributed by atoms with E-state index in [0.29, 0.717) is 11.1 Å². The van der Waals surface area contributed by atoms with Crippen LogP contribution in [0.5, 0.6) is 0 Å². The zero-order valence-corrected chi connectivity index (χ0v) is 20.0. The number of pyridine rings is 1. The molecule has 0 bridgehead atoms. The summed E-state index contributed by atoms with van der Waals surface area (Å²) in [6.45, 7) is -0.979. The highest BCUT2D eigenvalue weighted by Crippen LogP contribution is 2.41. The number of hydrogen-bond acceptors (Lipinski definition) is 4. The SMILES string of the molecule is O=C(NC(c1ccccc1)c1ccc(C2CC2)c(F)n1)C1CC(F)CN1C(=O)Cn1ccc(C(F)(F)F)n1. The summed E-state index contributed by atoms with van der Waals surface area (Å²) in [6.07, 6.45) is -3.68. The van der Waals surface area contributed by atoms with Crippen LogP contribution in [0.15, 0.2) is 54.7 Å². The Morgan fingerprint density at radius 3 is 2.45 bits per heavy atom. The van der Waals surface area contributed by atoms with Gasteiger partial charge in [-0.25, -0.2) is 9.37 Å². The van der Waals surface area contributed by atoms with Gasteiger partial charge >= 0.3 is 6.18 Å². The summed E-state index contributed by atoms with van der Waals surface area (Å²) >= 11 is 0. The summed E-state index contributed by atoms with van der Waals surface area (Å²) in [5.74, 6) is -1.91. The quantitative estimate of drug-likeness (QED) is 0.366. The molecule has 5 rings (SSSR count). The number of likely N-dealkylation sites (tertiary alicyclic amines) is 1. The zero-order chi connectivity index (χ0) is 27.0. The second-order valence-electron chi connectivity index (χ2n) is 9.53. The van der Waals surface area contributed by atoms with Gasteiger partial charge in [0.1, 0.15) is 18.8 Å². The number of hydrogen-bond donors (Lipinski definition) is 1. The Morgan fingerprint density at radius 1 is 1.08 bits per heavy atom. The van der Waals surface area contributed by atoms with Crippen LogP contribution in [0.4, 0.5) is 22.0 Å². The second kappa shape index (κ2) is 10.1. The van der Waals surface area contributed by atoms with Crippen LogP contribution in [-0.2, 0) is 22.3 Å². The summed E-state index contributed by atoms with van der Waals surface area (Å²) in [5, 5.41) is 6.12. The maximum absolute atomic E-state index is 14.8. The smallest absolute Gasteiger partial charge is 0.342 e. The van der Waals surface area contributed by atoms with E-state index in [1.165, 1.54) is 0 Å². The predicted molar refractivity (Wildman–Crippen MR) is 125 cm³/mol. The van der Waals surface area contributed by atoms with Gasteiger partial charge in [-0.15, -0.1) is 0 Å². The van der Waals surface area contributed by atoms with Crippen LogP contribution in [0.3, 0.4) is 0 Å². The first kappa shape index (κ1) is 25.8. The first-order valence-electron chi connectivity index (χ1n) is 12.2. The predicted octanol–water partition coefficient (Wildman–Crippen LogP) is 4.16. The molecule has 3 atom stereocenters. The van der Waals surface area contributed by atoms with Gasteiger partial charge in [-0.1, -0.05) is 36.4 Å². The maximum atomic E-state index is 14.8. The third-order valence-electron chi connectivity index (χ3n) is 6.73. The van der Waals surface area contributed by atoms with Gasteiger partial charge in [0.2, 0.25) is 17.8 Å². The number of rotatable bonds is 7. The molecule has 2 aromatic heterocycles. The lowest BCUT2D eigenvalue weighted by Crippen LogP contribution is -2.48. The van der Waals surface area contributed by atoms with Crippen LogP contribution >= 0.6 is 0 Å². The van der Waals surface area contributed by atoms with Crippen molar-refractivity contribution >= 4 is 11.8 Å². The van der Waals surface area contributed by atoms with E-state index >= 15 is 0 Å². The number of amides is 2. The molecular weight excluding hydrogens is 509 g/mol. The van der Waals surface area contributed by atoms with E-state index in [4.69, 9.17) is 0 Å². The average molecular weight is 534 g/mol. The van der Waals surface area contributed by atoms with Crippen molar-refractivity contribution in [3.8, 4) is 0 Å². The Kier molecular flexibility index (Phi) is 6.89. The van der Waals surface area contributed by atoms with Crippen molar-refractivity contribution in [2.75, 3.05) is 6.54 Å². The van der Waals surface area contributed by atoms with E-state index in [1.54, 1.807) is 42.5 Å². The first-order valence-corrected chi connectivity index (χ1v) is 12.2. The highest BCUT2D eigenvalue weighted by Gasteiger charge is 2.41. The molecule has 12 heteroatoms. The minimum atomic E-state index is -4.68. The van der Waals surface area contributed by atoms with Crippen molar-refractivity contribution in [2.24, 2.45) is 0 Å². The average Bonchev–Trinajstić information content (AvgIpc) is 3.46. The van der Waals surface area contributed by atoms with Gasteiger partial charge in [-0.2, -0.15) is 22.7 Å². The second-order valence-corrected chi connectivity index (χ2v) is 9.53. The molecule has 38 heavy (non-hydrogen) atoms. The zero-order valence-electron chi connectivity index (χ0n) is 20.0. The highest BCUT2D eigenvalue weighted by molar-refractivity contribution is 5.88. The monoisotopic (exact) mass is 533 g/mol. The Balaban J connectivity index is 1.35. The summed E-state index contributed by atoms with van der Waals surface area (Å²) in [7, 11) is 0. The summed E-state index contributed by atoms with van der Waals surface area (Å²) in [6, 6.07) is 10.6. The molecule has 1 aliphatic carbocycles. The number of nitrogens with zero attached hydrogens (tertiary/aromatic N) is 4. The number of halogens is 5. The molecule has 3 heterocycles. The fraction of sp³-hybridized carbons (Fsp3) is 0.385. The van der Waals surface area contributed by atoms with Crippen LogP contribution < -0.4 is 5.32 Å². The molecule has 0 spiro atoms. The number of alkyl halides is 4. The minimum absolute atomic E-state index is 0.142. The van der Waals surface area contributed by atoms with Gasteiger partial charge in [-0.05, 0) is 36.5 Å². The van der Waals surface area contributed by atoms with Crippen LogP contribution in [0, 0.1) is 5.95 Å². The summed E-state index contributed by atoms with van der Waals surface area (Å²) < 4.78 is 68.5. The first-order chi connectivity index (χ1) is 18.1. The van der Waals surface area contributed by atoms with Crippen molar-refractivity contribution in [3.05, 3.63) is 83.2 Å². The molecule has 1 aromatic carbocycles. The molecule has 1 saturated carbocycles. The van der Waals surface area contributed by atoms with E-state index in [-0.39, 0.29) is 24.6 Å². The lowest BCUT2D eigenvalue weighted by atomic mass is 10.0. The molecule has 1 N–H and O–H groups in total. The summed E-state index contributed by atoms with van der Waals surface area (Å²) in [5.41, 5.74) is 0.209. The fourth-order valence-electron chi connectivity index (χ4n) is 4.67. The molecule has 1 aliphatic heterocycles. The van der Waals surface area contributed by atoms with Crippen molar-refractivity contribution < 1.29 is 31.5 Å². The topological polar surface area (TPSA) is 80.1 Å². The lowest BCUT2D eigenvalue weighted by Gasteiger charge is -2.26. The normalized spacial score (nSPS) is 20.4. The third-order valence-corrected chi connectivity index (χ3v) is 6.73. The standard InChI is InChI=1S/C26H24F5N5O2/c27-17-12-20(36(13-17)22(37)14-35-11-10-21(34-35)26(29,30)31)25(38)33-23(16-4-2-1-3-5-16)19-9-8-18(15-6-7-15)24(28)32-19/h1-5,8-11,15,17,20,23H,6-7,12-14H2,(H,33,38). The number of carbonyl (C=O) groups is 2. The van der Waals surface area contributed by atoms with Gasteiger partial charge in [0.25, 0.3) is 0 Å². The Hall–Kier alpha value is -3.83. The number of nitrogens with one attached hydrogen (secondary N) is 1. The van der Waals surface area contributed by atoms with Crippen LogP contribution in [0.25, 0.3) is 0 Å². The van der Waals surface area contributed by atoms with Crippen LogP contribution in [0.2, 0.25) is 0 Å². The Morgan fingerprint density at radius 2 is 1.82 bits per heavy atom. The molecular formula is C26H24F5N5O2. The van der Waals surface area contributed by atoms with Crippen molar-refractivity contribution in [1.29, 1.82) is 0 Å². The van der Waals surface area contributed by atoms with Crippen molar-refractivity contribution in [2.45, 2.75) is 56.2 Å². The van der Waals surface area contributed by atoms with Crippen LogP contribution in [-0.4, -0.2) is 50.2 Å². The number of carbonyl (C=O) groups excluding carboxylic acids is 2. The van der Waals surface area contributed by atoms with Crippen molar-refractivity contribution in [1.82, 2.24) is 25.0 Å². The van der Waals surface area contributed by atoms with Gasteiger partial charge in [-0.3, -0.25) is 14.3 Å². The molecule has 2 amide bonds. The molecule has 2 aliphatic rings. The van der Waals surface area contributed by atoms with E-state index in [9.17, 15) is 31.5 Å². The Bertz CT molecular complexity index is 1330. The van der Waals surface area contributed by atoms with Crippen molar-refractivity contribution in [3.63, 3.8) is 0 Å². The third kappa shape index (κ3) is 5.53.